The van der Waals surface area contributed by atoms with Crippen LogP contribution >= 0.6 is 0 Å². The number of fused-ring (bicyclic) bond motifs is 1. The van der Waals surface area contributed by atoms with Crippen molar-refractivity contribution in [2.24, 2.45) is 0 Å². The highest BCUT2D eigenvalue weighted by Crippen LogP contribution is 2.34. The summed E-state index contributed by atoms with van der Waals surface area (Å²) >= 11 is 0. The molecule has 5 nitrogen and oxygen atoms in total. The minimum atomic E-state index is -1.19. The smallest absolute Gasteiger partial charge is 0.307 e. The van der Waals surface area contributed by atoms with Gasteiger partial charge < -0.3 is 5.32 Å². The van der Waals surface area contributed by atoms with Crippen molar-refractivity contribution in [3.05, 3.63) is 63.5 Å². The highest BCUT2D eigenvalue weighted by atomic mass is 19.1. The van der Waals surface area contributed by atoms with Gasteiger partial charge in [0.25, 0.3) is 0 Å². The number of nitro groups is 1. The average Bonchev–Trinajstić information content (AvgIpc) is 2.85. The van der Waals surface area contributed by atoms with Crippen LogP contribution in [0, 0.1) is 21.7 Å². The molecule has 0 saturated heterocycles. The molecule has 0 fully saturated rings. The Morgan fingerprint density at radius 1 is 1.33 bits per heavy atom. The van der Waals surface area contributed by atoms with Crippen molar-refractivity contribution in [1.82, 2.24) is 4.98 Å². The van der Waals surface area contributed by atoms with Gasteiger partial charge in [0.2, 0.25) is 5.82 Å². The molecule has 0 aliphatic heterocycles. The summed E-state index contributed by atoms with van der Waals surface area (Å²) in [5.41, 5.74) is 1.01. The van der Waals surface area contributed by atoms with Crippen molar-refractivity contribution in [1.29, 1.82) is 0 Å². The fourth-order valence-corrected chi connectivity index (χ4v) is 2.53. The summed E-state index contributed by atoms with van der Waals surface area (Å²) in [4.78, 5) is 14.1. The number of nitrogens with zero attached hydrogens (tertiary/aromatic N) is 2. The van der Waals surface area contributed by atoms with Crippen LogP contribution in [0.3, 0.4) is 0 Å². The molecule has 0 spiro atoms. The first-order valence-electron chi connectivity index (χ1n) is 6.40. The molecular weight excluding hydrogens is 280 g/mol. The second-order valence-corrected chi connectivity index (χ2v) is 4.82. The van der Waals surface area contributed by atoms with Gasteiger partial charge in [0.15, 0.2) is 0 Å². The lowest BCUT2D eigenvalue weighted by molar-refractivity contribution is -0.387. The molecule has 1 unspecified atom stereocenters. The van der Waals surface area contributed by atoms with Crippen LogP contribution in [-0.4, -0.2) is 9.91 Å². The van der Waals surface area contributed by atoms with Gasteiger partial charge in [0, 0.05) is 18.3 Å². The van der Waals surface area contributed by atoms with Gasteiger partial charge in [-0.25, -0.2) is 4.39 Å². The average molecular weight is 291 g/mol. The van der Waals surface area contributed by atoms with Gasteiger partial charge in [-0.05, 0) is 24.5 Å². The largest absolute Gasteiger partial charge is 0.374 e. The van der Waals surface area contributed by atoms with Crippen LogP contribution in [-0.2, 0) is 6.42 Å². The summed E-state index contributed by atoms with van der Waals surface area (Å²) in [6.45, 7) is 0. The molecule has 3 rings (SSSR count). The number of halogens is 2. The molecule has 1 aliphatic rings. The molecule has 7 heteroatoms. The predicted molar refractivity (Wildman–Crippen MR) is 71.9 cm³/mol. The number of rotatable bonds is 3. The number of pyridine rings is 1. The number of aryl methyl sites for hydroxylation is 1. The first-order chi connectivity index (χ1) is 10.1. The third-order valence-corrected chi connectivity index (χ3v) is 3.52. The molecule has 1 N–H and O–H groups in total. The zero-order chi connectivity index (χ0) is 15.0. The molecular formula is C14H11F2N3O2. The Morgan fingerprint density at radius 2 is 2.14 bits per heavy atom. The molecule has 0 amide bonds. The lowest BCUT2D eigenvalue weighted by Crippen LogP contribution is -2.10. The zero-order valence-electron chi connectivity index (χ0n) is 10.8. The number of hydrogen-bond acceptors (Lipinski definition) is 4. The maximum atomic E-state index is 13.8. The van der Waals surface area contributed by atoms with Gasteiger partial charge >= 0.3 is 5.69 Å². The van der Waals surface area contributed by atoms with E-state index in [0.29, 0.717) is 12.5 Å². The maximum absolute atomic E-state index is 13.8. The van der Waals surface area contributed by atoms with Gasteiger partial charge in [0.05, 0.1) is 22.3 Å². The van der Waals surface area contributed by atoms with Crippen LogP contribution in [0.1, 0.15) is 23.7 Å². The van der Waals surface area contributed by atoms with E-state index in [4.69, 9.17) is 0 Å². The van der Waals surface area contributed by atoms with Gasteiger partial charge in [-0.2, -0.15) is 4.39 Å². The summed E-state index contributed by atoms with van der Waals surface area (Å²) < 4.78 is 27.1. The lowest BCUT2D eigenvalue weighted by atomic mass is 10.2. The van der Waals surface area contributed by atoms with Crippen molar-refractivity contribution < 1.29 is 13.7 Å². The van der Waals surface area contributed by atoms with E-state index < -0.39 is 22.2 Å². The van der Waals surface area contributed by atoms with E-state index in [1.54, 1.807) is 6.20 Å². The molecule has 0 saturated carbocycles. The highest BCUT2D eigenvalue weighted by molar-refractivity contribution is 5.54. The second kappa shape index (κ2) is 5.08. The van der Waals surface area contributed by atoms with Crippen LogP contribution in [0.15, 0.2) is 30.5 Å². The van der Waals surface area contributed by atoms with Crippen molar-refractivity contribution in [3.8, 4) is 0 Å². The summed E-state index contributed by atoms with van der Waals surface area (Å²) in [6.07, 6.45) is 3.14. The zero-order valence-corrected chi connectivity index (χ0v) is 10.8. The molecule has 2 aromatic rings. The topological polar surface area (TPSA) is 68.1 Å². The fraction of sp³-hybridized carbons (Fsp3) is 0.214. The summed E-state index contributed by atoms with van der Waals surface area (Å²) in [5.74, 6) is -2.05. The van der Waals surface area contributed by atoms with Crippen molar-refractivity contribution >= 4 is 11.4 Å². The van der Waals surface area contributed by atoms with Crippen LogP contribution in [0.2, 0.25) is 0 Å². The minimum Gasteiger partial charge on any atom is -0.374 e. The van der Waals surface area contributed by atoms with Crippen LogP contribution < -0.4 is 5.32 Å². The van der Waals surface area contributed by atoms with Crippen LogP contribution in [0.25, 0.3) is 0 Å². The SMILES string of the molecule is O=[N+]([O-])c1cc(NC2CCc3cccnc32)c(F)cc1F. The van der Waals surface area contributed by atoms with Crippen LogP contribution in [0.5, 0.6) is 0 Å². The Kier molecular flexibility index (Phi) is 3.25. The Morgan fingerprint density at radius 3 is 2.90 bits per heavy atom. The number of nitro benzene ring substituents is 1. The molecule has 0 radical (unpaired) electrons. The van der Waals surface area contributed by atoms with E-state index in [1.165, 1.54) is 0 Å². The standard InChI is InChI=1S/C14H11F2N3O2/c15-9-6-10(16)13(19(20)21)7-12(9)18-11-4-3-8-2-1-5-17-14(8)11/h1-2,5-7,11,18H,3-4H2. The highest BCUT2D eigenvalue weighted by Gasteiger charge is 2.26. The number of nitrogens with one attached hydrogen (secondary N) is 1. The summed E-state index contributed by atoms with van der Waals surface area (Å²) in [6, 6.07) is 4.93. The Balaban J connectivity index is 1.93. The van der Waals surface area contributed by atoms with E-state index in [9.17, 15) is 18.9 Å². The molecule has 1 aromatic heterocycles. The summed E-state index contributed by atoms with van der Waals surface area (Å²) in [7, 11) is 0. The number of hydrogen-bond donors (Lipinski definition) is 1. The predicted octanol–water partition coefficient (Wildman–Crippen LogP) is 3.37. The number of anilines is 1. The normalized spacial score (nSPS) is 16.6. The quantitative estimate of drug-likeness (QED) is 0.695. The lowest BCUT2D eigenvalue weighted by Gasteiger charge is -2.15. The van der Waals surface area contributed by atoms with Crippen molar-refractivity contribution in [3.63, 3.8) is 0 Å². The van der Waals surface area contributed by atoms with Gasteiger partial charge in [-0.3, -0.25) is 15.1 Å². The Bertz CT molecular complexity index is 721. The van der Waals surface area contributed by atoms with E-state index in [-0.39, 0.29) is 11.7 Å². The Hall–Kier alpha value is -2.57. The second-order valence-electron chi connectivity index (χ2n) is 4.82. The monoisotopic (exact) mass is 291 g/mol. The van der Waals surface area contributed by atoms with E-state index in [2.05, 4.69) is 10.3 Å². The first-order valence-corrected chi connectivity index (χ1v) is 6.40. The first kappa shape index (κ1) is 13.4. The molecule has 1 heterocycles. The van der Waals surface area contributed by atoms with E-state index >= 15 is 0 Å². The number of benzene rings is 1. The third-order valence-electron chi connectivity index (χ3n) is 3.52. The molecule has 1 aromatic carbocycles. The third kappa shape index (κ3) is 2.42. The van der Waals surface area contributed by atoms with E-state index in [0.717, 1.165) is 23.7 Å². The van der Waals surface area contributed by atoms with Crippen molar-refractivity contribution in [2.45, 2.75) is 18.9 Å². The fourth-order valence-electron chi connectivity index (χ4n) is 2.53. The van der Waals surface area contributed by atoms with Gasteiger partial charge in [0.1, 0.15) is 5.82 Å². The summed E-state index contributed by atoms with van der Waals surface area (Å²) in [5, 5.41) is 13.6. The van der Waals surface area contributed by atoms with Crippen LogP contribution in [0.4, 0.5) is 20.2 Å². The van der Waals surface area contributed by atoms with Crippen molar-refractivity contribution in [2.75, 3.05) is 5.32 Å². The molecule has 108 valence electrons. The van der Waals surface area contributed by atoms with Gasteiger partial charge in [-0.1, -0.05) is 6.07 Å². The number of aromatic nitrogens is 1. The maximum Gasteiger partial charge on any atom is 0.307 e. The van der Waals surface area contributed by atoms with Gasteiger partial charge in [-0.15, -0.1) is 0 Å². The minimum absolute atomic E-state index is 0.0911. The molecule has 0 bridgehead atoms. The van der Waals surface area contributed by atoms with E-state index in [1.807, 2.05) is 12.1 Å². The Labute approximate surface area is 118 Å². The molecule has 1 aliphatic carbocycles. The molecule has 1 atom stereocenters. The molecule has 21 heavy (non-hydrogen) atoms.